The average molecular weight is 354 g/mol. The fraction of sp³-hybridized carbons (Fsp3) is 0.143. The molecule has 4 heteroatoms. The molecule has 3 aromatic rings. The molecule has 0 amide bonds. The van der Waals surface area contributed by atoms with Crippen molar-refractivity contribution in [3.63, 3.8) is 0 Å². The highest BCUT2D eigenvalue weighted by Gasteiger charge is 2.11. The number of rotatable bonds is 7. The van der Waals surface area contributed by atoms with Crippen molar-refractivity contribution in [1.82, 2.24) is 0 Å². The Labute approximate surface area is 153 Å². The molecule has 0 heterocycles. The Morgan fingerprint density at radius 2 is 1.64 bits per heavy atom. The molecule has 3 aromatic carbocycles. The maximum atomic E-state index is 6.07. The Kier molecular flexibility index (Phi) is 5.81. The molecule has 0 atom stereocenters. The number of benzene rings is 3. The molecule has 128 valence electrons. The topological polar surface area (TPSA) is 30.5 Å². The molecular formula is C21H20ClNO2. The highest BCUT2D eigenvalue weighted by molar-refractivity contribution is 6.30. The van der Waals surface area contributed by atoms with E-state index in [-0.39, 0.29) is 0 Å². The maximum Gasteiger partial charge on any atom is 0.166 e. The Morgan fingerprint density at radius 3 is 2.36 bits per heavy atom. The second-order valence-electron chi connectivity index (χ2n) is 5.58. The monoisotopic (exact) mass is 353 g/mol. The molecule has 0 bridgehead atoms. The van der Waals surface area contributed by atoms with E-state index in [0.29, 0.717) is 13.2 Å². The predicted octanol–water partition coefficient (Wildman–Crippen LogP) is 5.54. The first-order valence-electron chi connectivity index (χ1n) is 8.08. The minimum Gasteiger partial charge on any atom is -0.493 e. The van der Waals surface area contributed by atoms with Crippen molar-refractivity contribution in [2.45, 2.75) is 13.2 Å². The van der Waals surface area contributed by atoms with Crippen molar-refractivity contribution >= 4 is 17.3 Å². The molecule has 0 saturated carbocycles. The van der Waals surface area contributed by atoms with Crippen LogP contribution in [0.4, 0.5) is 5.69 Å². The van der Waals surface area contributed by atoms with Crippen LogP contribution in [-0.2, 0) is 13.2 Å². The highest BCUT2D eigenvalue weighted by Crippen LogP contribution is 2.32. The third-order valence-electron chi connectivity index (χ3n) is 3.83. The Hall–Kier alpha value is -2.65. The molecular weight excluding hydrogens is 334 g/mol. The minimum absolute atomic E-state index is 0.495. The molecule has 0 unspecified atom stereocenters. The van der Waals surface area contributed by atoms with Crippen LogP contribution in [0.5, 0.6) is 11.5 Å². The van der Waals surface area contributed by atoms with Gasteiger partial charge in [-0.05, 0) is 35.9 Å². The first-order chi connectivity index (χ1) is 12.3. The molecule has 25 heavy (non-hydrogen) atoms. The van der Waals surface area contributed by atoms with E-state index in [0.717, 1.165) is 33.3 Å². The van der Waals surface area contributed by atoms with Crippen molar-refractivity contribution in [2.24, 2.45) is 0 Å². The lowest BCUT2D eigenvalue weighted by Crippen LogP contribution is -2.05. The average Bonchev–Trinajstić information content (AvgIpc) is 2.67. The summed E-state index contributed by atoms with van der Waals surface area (Å²) in [4.78, 5) is 0. The van der Waals surface area contributed by atoms with Gasteiger partial charge in [-0.15, -0.1) is 0 Å². The fourth-order valence-electron chi connectivity index (χ4n) is 2.52. The largest absolute Gasteiger partial charge is 0.493 e. The molecule has 0 fully saturated rings. The van der Waals surface area contributed by atoms with Crippen LogP contribution in [0.1, 0.15) is 11.1 Å². The summed E-state index contributed by atoms with van der Waals surface area (Å²) < 4.78 is 11.5. The van der Waals surface area contributed by atoms with Crippen LogP contribution in [0.2, 0.25) is 5.02 Å². The van der Waals surface area contributed by atoms with E-state index in [1.54, 1.807) is 7.11 Å². The summed E-state index contributed by atoms with van der Waals surface area (Å²) in [6.07, 6.45) is 0. The molecule has 3 rings (SSSR count). The van der Waals surface area contributed by atoms with Crippen LogP contribution in [0.25, 0.3) is 0 Å². The third-order valence-corrected chi connectivity index (χ3v) is 4.09. The van der Waals surface area contributed by atoms with E-state index in [1.165, 1.54) is 0 Å². The molecule has 0 aliphatic carbocycles. The summed E-state index contributed by atoms with van der Waals surface area (Å²) in [7, 11) is 1.65. The van der Waals surface area contributed by atoms with E-state index in [1.807, 2.05) is 72.8 Å². The van der Waals surface area contributed by atoms with Crippen LogP contribution in [-0.4, -0.2) is 7.11 Å². The Balaban J connectivity index is 1.75. The van der Waals surface area contributed by atoms with Crippen molar-refractivity contribution in [2.75, 3.05) is 12.4 Å². The summed E-state index contributed by atoms with van der Waals surface area (Å²) in [5, 5.41) is 4.10. The van der Waals surface area contributed by atoms with Gasteiger partial charge >= 0.3 is 0 Å². The maximum absolute atomic E-state index is 6.07. The van der Waals surface area contributed by atoms with Crippen molar-refractivity contribution < 1.29 is 9.47 Å². The van der Waals surface area contributed by atoms with Crippen molar-refractivity contribution in [3.8, 4) is 11.5 Å². The normalized spacial score (nSPS) is 10.3. The number of halogens is 1. The van der Waals surface area contributed by atoms with Crippen LogP contribution in [0.15, 0.2) is 72.8 Å². The number of hydrogen-bond donors (Lipinski definition) is 1. The van der Waals surface area contributed by atoms with Gasteiger partial charge in [-0.3, -0.25) is 0 Å². The lowest BCUT2D eigenvalue weighted by Gasteiger charge is -2.16. The summed E-state index contributed by atoms with van der Waals surface area (Å²) in [6.45, 7) is 1.12. The molecule has 0 spiro atoms. The van der Waals surface area contributed by atoms with E-state index < -0.39 is 0 Å². The SMILES string of the molecule is COc1cccc(CNc2ccc(Cl)cc2)c1OCc1ccccc1. The van der Waals surface area contributed by atoms with Gasteiger partial charge in [-0.2, -0.15) is 0 Å². The van der Waals surface area contributed by atoms with Crippen LogP contribution >= 0.6 is 11.6 Å². The Morgan fingerprint density at radius 1 is 0.880 bits per heavy atom. The molecule has 0 aliphatic rings. The zero-order chi connectivity index (χ0) is 17.5. The molecule has 1 N–H and O–H groups in total. The van der Waals surface area contributed by atoms with Gasteiger partial charge in [0.1, 0.15) is 6.61 Å². The number of methoxy groups -OCH3 is 1. The number of ether oxygens (including phenoxy) is 2. The quantitative estimate of drug-likeness (QED) is 0.605. The number of nitrogens with one attached hydrogen (secondary N) is 1. The van der Waals surface area contributed by atoms with Gasteiger partial charge in [0.15, 0.2) is 11.5 Å². The lowest BCUT2D eigenvalue weighted by molar-refractivity contribution is 0.281. The van der Waals surface area contributed by atoms with Gasteiger partial charge < -0.3 is 14.8 Å². The third kappa shape index (κ3) is 4.68. The van der Waals surface area contributed by atoms with E-state index in [4.69, 9.17) is 21.1 Å². The molecule has 3 nitrogen and oxygen atoms in total. The summed E-state index contributed by atoms with van der Waals surface area (Å²) in [5.41, 5.74) is 3.15. The van der Waals surface area contributed by atoms with E-state index >= 15 is 0 Å². The van der Waals surface area contributed by atoms with Gasteiger partial charge in [-0.25, -0.2) is 0 Å². The summed E-state index contributed by atoms with van der Waals surface area (Å²) in [6, 6.07) is 23.6. The molecule has 0 aliphatic heterocycles. The summed E-state index contributed by atoms with van der Waals surface area (Å²) in [5.74, 6) is 1.49. The lowest BCUT2D eigenvalue weighted by atomic mass is 10.1. The van der Waals surface area contributed by atoms with Crippen LogP contribution in [0.3, 0.4) is 0 Å². The van der Waals surface area contributed by atoms with Gasteiger partial charge in [0.05, 0.1) is 7.11 Å². The van der Waals surface area contributed by atoms with E-state index in [9.17, 15) is 0 Å². The fourth-order valence-corrected chi connectivity index (χ4v) is 2.65. The van der Waals surface area contributed by atoms with Crippen molar-refractivity contribution in [1.29, 1.82) is 0 Å². The second-order valence-corrected chi connectivity index (χ2v) is 6.02. The van der Waals surface area contributed by atoms with E-state index in [2.05, 4.69) is 5.32 Å². The van der Waals surface area contributed by atoms with Gasteiger partial charge in [0.25, 0.3) is 0 Å². The van der Waals surface area contributed by atoms with Gasteiger partial charge in [0.2, 0.25) is 0 Å². The Bertz CT molecular complexity index is 804. The van der Waals surface area contributed by atoms with Crippen LogP contribution < -0.4 is 14.8 Å². The van der Waals surface area contributed by atoms with Gasteiger partial charge in [0, 0.05) is 22.8 Å². The van der Waals surface area contributed by atoms with Crippen LogP contribution in [0, 0.1) is 0 Å². The molecule has 0 aromatic heterocycles. The second kappa shape index (κ2) is 8.45. The molecule has 0 radical (unpaired) electrons. The molecule has 0 saturated heterocycles. The number of anilines is 1. The minimum atomic E-state index is 0.495. The smallest absolute Gasteiger partial charge is 0.166 e. The first-order valence-corrected chi connectivity index (χ1v) is 8.46. The highest BCUT2D eigenvalue weighted by atomic mass is 35.5. The summed E-state index contributed by atoms with van der Waals surface area (Å²) >= 11 is 5.93. The first kappa shape index (κ1) is 17.2. The predicted molar refractivity (Wildman–Crippen MR) is 103 cm³/mol. The number of para-hydroxylation sites is 1. The standard InChI is InChI=1S/C21H20ClNO2/c1-24-20-9-5-8-17(14-23-19-12-10-18(22)11-13-19)21(20)25-15-16-6-3-2-4-7-16/h2-13,23H,14-15H2,1H3. The number of hydrogen-bond acceptors (Lipinski definition) is 3. The zero-order valence-electron chi connectivity index (χ0n) is 14.0. The van der Waals surface area contributed by atoms with Crippen molar-refractivity contribution in [3.05, 3.63) is 88.9 Å². The zero-order valence-corrected chi connectivity index (χ0v) is 14.8. The van der Waals surface area contributed by atoms with Gasteiger partial charge in [-0.1, -0.05) is 54.1 Å².